The van der Waals surface area contributed by atoms with E-state index in [1.807, 2.05) is 6.92 Å². The van der Waals surface area contributed by atoms with Crippen LogP contribution in [0.3, 0.4) is 0 Å². The molecule has 2 rings (SSSR count). The standard InChI is InChI=1S/C17H23F2NO/c1-3-21-11(2)8-12-4-7-17(20)15(9-12)14-6-5-13(18)10-16(14)19/h5-6,10,12,15,17H,2-4,7-9,20H2,1H3/t12-,15-,17+/m0/s1. The van der Waals surface area contributed by atoms with Gasteiger partial charge in [0.2, 0.25) is 0 Å². The Morgan fingerprint density at radius 3 is 2.81 bits per heavy atom. The summed E-state index contributed by atoms with van der Waals surface area (Å²) in [5, 5.41) is 0. The molecule has 2 N–H and O–H groups in total. The van der Waals surface area contributed by atoms with Crippen LogP contribution in [-0.4, -0.2) is 12.6 Å². The van der Waals surface area contributed by atoms with Gasteiger partial charge in [0.05, 0.1) is 12.4 Å². The summed E-state index contributed by atoms with van der Waals surface area (Å²) in [7, 11) is 0. The zero-order valence-electron chi connectivity index (χ0n) is 12.4. The molecule has 116 valence electrons. The lowest BCUT2D eigenvalue weighted by atomic mass is 9.74. The van der Waals surface area contributed by atoms with Crippen molar-refractivity contribution >= 4 is 0 Å². The number of ether oxygens (including phenoxy) is 1. The topological polar surface area (TPSA) is 35.2 Å². The summed E-state index contributed by atoms with van der Waals surface area (Å²) in [6.45, 7) is 6.45. The highest BCUT2D eigenvalue weighted by molar-refractivity contribution is 5.25. The summed E-state index contributed by atoms with van der Waals surface area (Å²) in [4.78, 5) is 0. The van der Waals surface area contributed by atoms with Gasteiger partial charge >= 0.3 is 0 Å². The van der Waals surface area contributed by atoms with E-state index in [1.165, 1.54) is 12.1 Å². The van der Waals surface area contributed by atoms with E-state index >= 15 is 0 Å². The lowest BCUT2D eigenvalue weighted by Gasteiger charge is -2.34. The van der Waals surface area contributed by atoms with Gasteiger partial charge in [-0.05, 0) is 43.7 Å². The van der Waals surface area contributed by atoms with E-state index in [0.29, 0.717) is 18.1 Å². The molecule has 0 amide bonds. The Hall–Kier alpha value is -1.42. The number of benzene rings is 1. The molecule has 3 atom stereocenters. The Balaban J connectivity index is 2.09. The van der Waals surface area contributed by atoms with Crippen LogP contribution in [0.25, 0.3) is 0 Å². The van der Waals surface area contributed by atoms with Crippen LogP contribution in [0.2, 0.25) is 0 Å². The summed E-state index contributed by atoms with van der Waals surface area (Å²) in [6.07, 6.45) is 3.40. The van der Waals surface area contributed by atoms with Crippen LogP contribution in [0.5, 0.6) is 0 Å². The average molecular weight is 295 g/mol. The fraction of sp³-hybridized carbons (Fsp3) is 0.529. The summed E-state index contributed by atoms with van der Waals surface area (Å²) in [6, 6.07) is 3.68. The quantitative estimate of drug-likeness (QED) is 0.829. The maximum Gasteiger partial charge on any atom is 0.129 e. The van der Waals surface area contributed by atoms with Crippen LogP contribution in [0, 0.1) is 17.6 Å². The Bertz CT molecular complexity index is 504. The largest absolute Gasteiger partial charge is 0.499 e. The summed E-state index contributed by atoms with van der Waals surface area (Å²) in [5.41, 5.74) is 6.68. The first-order valence-electron chi connectivity index (χ1n) is 7.52. The number of hydrogen-bond donors (Lipinski definition) is 1. The molecule has 0 spiro atoms. The molecule has 1 aliphatic carbocycles. The van der Waals surface area contributed by atoms with Gasteiger partial charge in [-0.15, -0.1) is 0 Å². The third-order valence-electron chi connectivity index (χ3n) is 4.24. The second-order valence-electron chi connectivity index (χ2n) is 5.79. The summed E-state index contributed by atoms with van der Waals surface area (Å²) >= 11 is 0. The van der Waals surface area contributed by atoms with Crippen LogP contribution >= 0.6 is 0 Å². The van der Waals surface area contributed by atoms with E-state index in [4.69, 9.17) is 10.5 Å². The van der Waals surface area contributed by atoms with Gasteiger partial charge in [-0.3, -0.25) is 0 Å². The van der Waals surface area contributed by atoms with Crippen LogP contribution in [0.15, 0.2) is 30.5 Å². The van der Waals surface area contributed by atoms with Crippen molar-refractivity contribution in [3.63, 3.8) is 0 Å². The first-order valence-corrected chi connectivity index (χ1v) is 7.52. The van der Waals surface area contributed by atoms with Crippen molar-refractivity contribution in [3.8, 4) is 0 Å². The van der Waals surface area contributed by atoms with Crippen molar-refractivity contribution in [1.29, 1.82) is 0 Å². The Morgan fingerprint density at radius 2 is 2.14 bits per heavy atom. The van der Waals surface area contributed by atoms with Gasteiger partial charge in [-0.25, -0.2) is 8.78 Å². The molecule has 0 bridgehead atoms. The number of halogens is 2. The van der Waals surface area contributed by atoms with E-state index in [0.717, 1.165) is 37.5 Å². The molecule has 0 heterocycles. The number of allylic oxidation sites excluding steroid dienone is 1. The highest BCUT2D eigenvalue weighted by Gasteiger charge is 2.31. The fourth-order valence-electron chi connectivity index (χ4n) is 3.21. The summed E-state index contributed by atoms with van der Waals surface area (Å²) < 4.78 is 32.4. The van der Waals surface area contributed by atoms with Crippen molar-refractivity contribution in [1.82, 2.24) is 0 Å². The predicted octanol–water partition coefficient (Wildman–Crippen LogP) is 4.12. The molecule has 1 aliphatic rings. The molecule has 1 aromatic carbocycles. The van der Waals surface area contributed by atoms with Gasteiger partial charge in [-0.1, -0.05) is 12.6 Å². The van der Waals surface area contributed by atoms with Crippen molar-refractivity contribution in [3.05, 3.63) is 47.7 Å². The minimum Gasteiger partial charge on any atom is -0.499 e. The third kappa shape index (κ3) is 4.03. The molecule has 2 nitrogen and oxygen atoms in total. The zero-order chi connectivity index (χ0) is 15.4. The average Bonchev–Trinajstić information content (AvgIpc) is 2.42. The van der Waals surface area contributed by atoms with Crippen molar-refractivity contribution in [2.75, 3.05) is 6.61 Å². The smallest absolute Gasteiger partial charge is 0.129 e. The molecule has 0 aromatic heterocycles. The maximum absolute atomic E-state index is 14.0. The lowest BCUT2D eigenvalue weighted by Crippen LogP contribution is -2.35. The number of nitrogens with two attached hydrogens (primary N) is 1. The van der Waals surface area contributed by atoms with E-state index < -0.39 is 11.6 Å². The Kier molecular flexibility index (Phi) is 5.34. The number of rotatable bonds is 5. The lowest BCUT2D eigenvalue weighted by molar-refractivity contribution is 0.189. The van der Waals surface area contributed by atoms with E-state index in [1.54, 1.807) is 0 Å². The van der Waals surface area contributed by atoms with E-state index in [2.05, 4.69) is 6.58 Å². The summed E-state index contributed by atoms with van der Waals surface area (Å²) in [5.74, 6) is 0.0371. The zero-order valence-corrected chi connectivity index (χ0v) is 12.4. The van der Waals surface area contributed by atoms with Gasteiger partial charge in [0.15, 0.2) is 0 Å². The molecular formula is C17H23F2NO. The molecule has 0 radical (unpaired) electrons. The monoisotopic (exact) mass is 295 g/mol. The van der Waals surface area contributed by atoms with Crippen LogP contribution in [-0.2, 0) is 4.74 Å². The van der Waals surface area contributed by atoms with Gasteiger partial charge in [0, 0.05) is 24.4 Å². The Morgan fingerprint density at radius 1 is 1.38 bits per heavy atom. The molecule has 21 heavy (non-hydrogen) atoms. The second-order valence-corrected chi connectivity index (χ2v) is 5.79. The van der Waals surface area contributed by atoms with Gasteiger partial charge in [0.1, 0.15) is 11.6 Å². The minimum atomic E-state index is -0.554. The van der Waals surface area contributed by atoms with E-state index in [9.17, 15) is 8.78 Å². The SMILES string of the molecule is C=C(C[C@@H]1CC[C@@H](N)[C@H](c2ccc(F)cc2F)C1)OCC. The molecular weight excluding hydrogens is 272 g/mol. The maximum atomic E-state index is 14.0. The second kappa shape index (κ2) is 7.03. The normalized spacial score (nSPS) is 25.6. The van der Waals surface area contributed by atoms with Gasteiger partial charge in [-0.2, -0.15) is 0 Å². The third-order valence-corrected chi connectivity index (χ3v) is 4.24. The predicted molar refractivity (Wildman–Crippen MR) is 79.8 cm³/mol. The molecule has 1 fully saturated rings. The molecule has 0 unspecified atom stereocenters. The van der Waals surface area contributed by atoms with Crippen molar-refractivity contribution < 1.29 is 13.5 Å². The molecule has 0 saturated heterocycles. The van der Waals surface area contributed by atoms with Crippen molar-refractivity contribution in [2.45, 2.75) is 44.6 Å². The van der Waals surface area contributed by atoms with Crippen LogP contribution < -0.4 is 5.73 Å². The fourth-order valence-corrected chi connectivity index (χ4v) is 3.21. The highest BCUT2D eigenvalue weighted by atomic mass is 19.1. The van der Waals surface area contributed by atoms with Gasteiger partial charge in [0.25, 0.3) is 0 Å². The molecule has 1 saturated carbocycles. The number of hydrogen-bond acceptors (Lipinski definition) is 2. The van der Waals surface area contributed by atoms with E-state index in [-0.39, 0.29) is 12.0 Å². The van der Waals surface area contributed by atoms with Gasteiger partial charge < -0.3 is 10.5 Å². The highest BCUT2D eigenvalue weighted by Crippen LogP contribution is 2.39. The molecule has 4 heteroatoms. The van der Waals surface area contributed by atoms with Crippen molar-refractivity contribution in [2.24, 2.45) is 11.7 Å². The Labute approximate surface area is 125 Å². The van der Waals surface area contributed by atoms with Crippen LogP contribution in [0.4, 0.5) is 8.78 Å². The first kappa shape index (κ1) is 16.0. The molecule has 0 aliphatic heterocycles. The molecule has 1 aromatic rings. The minimum absolute atomic E-state index is 0.0706. The first-order chi connectivity index (χ1) is 10.0. The van der Waals surface area contributed by atoms with Crippen LogP contribution in [0.1, 0.15) is 44.1 Å².